The highest BCUT2D eigenvalue weighted by atomic mass is 13.7. The summed E-state index contributed by atoms with van der Waals surface area (Å²) in [5, 5.41) is 0. The topological polar surface area (TPSA) is 0 Å². The summed E-state index contributed by atoms with van der Waals surface area (Å²) >= 11 is 0. The van der Waals surface area contributed by atoms with Crippen molar-refractivity contribution in [2.75, 3.05) is 0 Å². The SMILES string of the molecule is C1=C=CCC#CC=CC=1. The molecule has 1 rings (SSSR count). The first-order valence-electron chi connectivity index (χ1n) is 2.79. The molecule has 1 aliphatic rings. The average Bonchev–Trinajstić information content (AvgIpc) is 2.00. The molecule has 0 atom stereocenters. The molecule has 0 aliphatic heterocycles. The van der Waals surface area contributed by atoms with Crippen LogP contribution in [0.2, 0.25) is 0 Å². The van der Waals surface area contributed by atoms with Crippen molar-refractivity contribution in [3.63, 3.8) is 0 Å². The molecular formula is C9H6. The van der Waals surface area contributed by atoms with Gasteiger partial charge in [-0.3, -0.25) is 0 Å². The van der Waals surface area contributed by atoms with E-state index in [2.05, 4.69) is 23.3 Å². The van der Waals surface area contributed by atoms with E-state index in [1.807, 2.05) is 12.2 Å². The standard InChI is InChI=1S/C9H6/c1-2-4-6-8-9-7-5-3-1/h1-3,8H,9H2. The summed E-state index contributed by atoms with van der Waals surface area (Å²) in [6.07, 6.45) is 8.06. The van der Waals surface area contributed by atoms with Crippen molar-refractivity contribution in [1.82, 2.24) is 0 Å². The van der Waals surface area contributed by atoms with Crippen molar-refractivity contribution < 1.29 is 0 Å². The second-order valence-electron chi connectivity index (χ2n) is 1.54. The van der Waals surface area contributed by atoms with E-state index in [0.717, 1.165) is 6.42 Å². The summed E-state index contributed by atoms with van der Waals surface area (Å²) < 4.78 is 0. The van der Waals surface area contributed by atoms with Gasteiger partial charge in [-0.25, -0.2) is 0 Å². The molecule has 1 aliphatic carbocycles. The van der Waals surface area contributed by atoms with E-state index in [4.69, 9.17) is 0 Å². The number of allylic oxidation sites excluding steroid dienone is 4. The maximum Gasteiger partial charge on any atom is 0.0354 e. The van der Waals surface area contributed by atoms with Gasteiger partial charge >= 0.3 is 0 Å². The smallest absolute Gasteiger partial charge is 0.0354 e. The molecule has 0 radical (unpaired) electrons. The van der Waals surface area contributed by atoms with Crippen LogP contribution >= 0.6 is 0 Å². The number of hydrogen-bond acceptors (Lipinski definition) is 0. The molecule has 0 heterocycles. The zero-order valence-electron chi connectivity index (χ0n) is 5.02. The van der Waals surface area contributed by atoms with Gasteiger partial charge in [0, 0.05) is 6.42 Å². The van der Waals surface area contributed by atoms with Crippen LogP contribution in [-0.4, -0.2) is 0 Å². The van der Waals surface area contributed by atoms with Gasteiger partial charge in [0.15, 0.2) is 0 Å². The van der Waals surface area contributed by atoms with E-state index < -0.39 is 0 Å². The average molecular weight is 114 g/mol. The predicted molar refractivity (Wildman–Crippen MR) is 37.7 cm³/mol. The summed E-state index contributed by atoms with van der Waals surface area (Å²) in [6, 6.07) is 0. The molecule has 0 nitrogen and oxygen atoms in total. The third-order valence-electron chi connectivity index (χ3n) is 0.851. The zero-order valence-corrected chi connectivity index (χ0v) is 5.02. The molecule has 0 heteroatoms. The molecule has 0 aromatic rings. The highest BCUT2D eigenvalue weighted by Gasteiger charge is 1.65. The molecule has 9 heavy (non-hydrogen) atoms. The Kier molecular flexibility index (Phi) is 2.28. The third kappa shape index (κ3) is 2.42. The lowest BCUT2D eigenvalue weighted by molar-refractivity contribution is 1.48. The van der Waals surface area contributed by atoms with Gasteiger partial charge < -0.3 is 0 Å². The van der Waals surface area contributed by atoms with Gasteiger partial charge in [0.05, 0.1) is 0 Å². The molecule has 42 valence electrons. The minimum Gasteiger partial charge on any atom is -0.0937 e. The minimum atomic E-state index is 0.769. The monoisotopic (exact) mass is 114 g/mol. The summed E-state index contributed by atoms with van der Waals surface area (Å²) in [4.78, 5) is 0. The van der Waals surface area contributed by atoms with Gasteiger partial charge in [-0.05, 0) is 24.3 Å². The van der Waals surface area contributed by atoms with Crippen molar-refractivity contribution in [2.45, 2.75) is 6.42 Å². The van der Waals surface area contributed by atoms with Crippen molar-refractivity contribution in [3.8, 4) is 11.8 Å². The molecule has 0 amide bonds. The van der Waals surface area contributed by atoms with E-state index in [0.29, 0.717) is 0 Å². The Morgan fingerprint density at radius 3 is 3.22 bits per heavy atom. The highest BCUT2D eigenvalue weighted by Crippen LogP contribution is 1.80. The first-order valence-corrected chi connectivity index (χ1v) is 2.79. The van der Waals surface area contributed by atoms with E-state index in [-0.39, 0.29) is 0 Å². The second kappa shape index (κ2) is 3.58. The van der Waals surface area contributed by atoms with Crippen molar-refractivity contribution >= 4 is 0 Å². The summed E-state index contributed by atoms with van der Waals surface area (Å²) in [7, 11) is 0. The lowest BCUT2D eigenvalue weighted by Gasteiger charge is -1.65. The summed E-state index contributed by atoms with van der Waals surface area (Å²) in [5.74, 6) is 5.77. The van der Waals surface area contributed by atoms with Crippen molar-refractivity contribution in [1.29, 1.82) is 0 Å². The first-order chi connectivity index (χ1) is 4.50. The van der Waals surface area contributed by atoms with Crippen LogP contribution in [0.5, 0.6) is 0 Å². The molecule has 0 N–H and O–H groups in total. The second-order valence-corrected chi connectivity index (χ2v) is 1.54. The van der Waals surface area contributed by atoms with Gasteiger partial charge in [0.2, 0.25) is 0 Å². The number of rotatable bonds is 0. The molecule has 0 spiro atoms. The Morgan fingerprint density at radius 2 is 2.22 bits per heavy atom. The van der Waals surface area contributed by atoms with Crippen LogP contribution in [0, 0.1) is 11.8 Å². The largest absolute Gasteiger partial charge is 0.0937 e. The fourth-order valence-electron chi connectivity index (χ4n) is 0.471. The molecule has 0 aromatic heterocycles. The molecule has 0 fully saturated rings. The lowest BCUT2D eigenvalue weighted by Crippen LogP contribution is -1.53. The van der Waals surface area contributed by atoms with E-state index >= 15 is 0 Å². The van der Waals surface area contributed by atoms with Crippen molar-refractivity contribution in [3.05, 3.63) is 35.8 Å². The fourth-order valence-corrected chi connectivity index (χ4v) is 0.471. The Bertz CT molecular complexity index is 256. The van der Waals surface area contributed by atoms with Gasteiger partial charge in [0.25, 0.3) is 0 Å². The Hall–Kier alpha value is -1.40. The Labute approximate surface area is 54.9 Å². The van der Waals surface area contributed by atoms with Crippen LogP contribution in [0.1, 0.15) is 6.42 Å². The van der Waals surface area contributed by atoms with Crippen LogP contribution in [0.25, 0.3) is 0 Å². The van der Waals surface area contributed by atoms with Crippen LogP contribution in [-0.2, 0) is 0 Å². The zero-order chi connectivity index (χ0) is 6.36. The molecule has 0 saturated carbocycles. The molecular weight excluding hydrogens is 108 g/mol. The van der Waals surface area contributed by atoms with E-state index in [1.165, 1.54) is 0 Å². The quantitative estimate of drug-likeness (QED) is 0.333. The minimum absolute atomic E-state index is 0.769. The lowest BCUT2D eigenvalue weighted by atomic mass is 10.4. The van der Waals surface area contributed by atoms with Crippen molar-refractivity contribution in [2.24, 2.45) is 0 Å². The molecule has 0 aromatic carbocycles. The van der Waals surface area contributed by atoms with Crippen LogP contribution in [0.15, 0.2) is 35.8 Å². The Morgan fingerprint density at radius 1 is 1.22 bits per heavy atom. The third-order valence-corrected chi connectivity index (χ3v) is 0.851. The van der Waals surface area contributed by atoms with E-state index in [1.54, 1.807) is 12.2 Å². The van der Waals surface area contributed by atoms with Gasteiger partial charge in [-0.2, -0.15) is 0 Å². The maximum absolute atomic E-state index is 2.91. The first kappa shape index (κ1) is 5.73. The predicted octanol–water partition coefficient (Wildman–Crippen LogP) is 1.82. The van der Waals surface area contributed by atoms with Gasteiger partial charge in [-0.15, -0.1) is 0 Å². The van der Waals surface area contributed by atoms with Crippen LogP contribution in [0.4, 0.5) is 0 Å². The Balaban J connectivity index is 2.90. The molecule has 0 saturated heterocycles. The molecule has 0 unspecified atom stereocenters. The van der Waals surface area contributed by atoms with E-state index in [9.17, 15) is 0 Å². The van der Waals surface area contributed by atoms with Crippen LogP contribution < -0.4 is 0 Å². The molecule has 0 bridgehead atoms. The summed E-state index contributed by atoms with van der Waals surface area (Å²) in [6.45, 7) is 0. The maximum atomic E-state index is 2.91. The highest BCUT2D eigenvalue weighted by molar-refractivity contribution is 5.21. The van der Waals surface area contributed by atoms with Crippen LogP contribution in [0.3, 0.4) is 0 Å². The normalized spacial score (nSPS) is 13.3. The fraction of sp³-hybridized carbons (Fsp3) is 0.111. The van der Waals surface area contributed by atoms with Gasteiger partial charge in [0.1, 0.15) is 0 Å². The number of hydrogen-bond donors (Lipinski definition) is 0. The summed E-state index contributed by atoms with van der Waals surface area (Å²) in [5.41, 5.74) is 5.67. The van der Waals surface area contributed by atoms with Gasteiger partial charge in [-0.1, -0.05) is 23.3 Å².